The molecular weight excluding hydrogens is 211 g/mol. The second-order valence-electron chi connectivity index (χ2n) is 3.10. The first kappa shape index (κ1) is 10.4. The van der Waals surface area contributed by atoms with Crippen LogP contribution in [0.15, 0.2) is 41.1 Å². The number of hydrogen-bond donors (Lipinski definition) is 1. The number of carbonyl (C=O) groups is 1. The number of pyridine rings is 1. The molecule has 0 aliphatic heterocycles. The molecule has 0 saturated heterocycles. The molecule has 16 heavy (non-hydrogen) atoms. The van der Waals surface area contributed by atoms with Crippen LogP contribution in [-0.2, 0) is 6.54 Å². The summed E-state index contributed by atoms with van der Waals surface area (Å²) in [5.41, 5.74) is -0.214. The van der Waals surface area contributed by atoms with Crippen LogP contribution < -0.4 is 5.32 Å². The standard InChI is InChI=1S/C11H9FN2O2/c12-9-4-1-5-13-10(9)11(15)14-7-8-3-2-6-16-8/h1-6H,7H2,(H,14,15). The molecular formula is C11H9FN2O2. The quantitative estimate of drug-likeness (QED) is 0.857. The van der Waals surface area contributed by atoms with E-state index in [4.69, 9.17) is 4.42 Å². The van der Waals surface area contributed by atoms with Crippen molar-refractivity contribution in [3.05, 3.63) is 54.0 Å². The highest BCUT2D eigenvalue weighted by Crippen LogP contribution is 2.03. The lowest BCUT2D eigenvalue weighted by Crippen LogP contribution is -2.24. The SMILES string of the molecule is O=C(NCc1ccco1)c1ncccc1F. The normalized spacial score (nSPS) is 10.1. The highest BCUT2D eigenvalue weighted by atomic mass is 19.1. The zero-order valence-electron chi connectivity index (χ0n) is 8.31. The van der Waals surface area contributed by atoms with Crippen molar-refractivity contribution >= 4 is 5.91 Å². The lowest BCUT2D eigenvalue weighted by atomic mass is 10.3. The number of rotatable bonds is 3. The molecule has 1 amide bonds. The number of hydrogen-bond acceptors (Lipinski definition) is 3. The summed E-state index contributed by atoms with van der Waals surface area (Å²) >= 11 is 0. The number of halogens is 1. The van der Waals surface area contributed by atoms with E-state index >= 15 is 0 Å². The van der Waals surface area contributed by atoms with Crippen molar-refractivity contribution < 1.29 is 13.6 Å². The van der Waals surface area contributed by atoms with Crippen LogP contribution in [0.5, 0.6) is 0 Å². The molecule has 0 unspecified atom stereocenters. The van der Waals surface area contributed by atoms with Crippen molar-refractivity contribution in [1.82, 2.24) is 10.3 Å². The maximum atomic E-state index is 13.2. The molecule has 0 aromatic carbocycles. The summed E-state index contributed by atoms with van der Waals surface area (Å²) in [6, 6.07) is 6.05. The van der Waals surface area contributed by atoms with Gasteiger partial charge in [-0.3, -0.25) is 4.79 Å². The highest BCUT2D eigenvalue weighted by molar-refractivity contribution is 5.92. The fourth-order valence-electron chi connectivity index (χ4n) is 1.22. The summed E-state index contributed by atoms with van der Waals surface area (Å²) in [5, 5.41) is 2.51. The van der Waals surface area contributed by atoms with Crippen LogP contribution in [0, 0.1) is 5.82 Å². The Bertz CT molecular complexity index is 482. The largest absolute Gasteiger partial charge is 0.467 e. The average molecular weight is 220 g/mol. The van der Waals surface area contributed by atoms with E-state index in [1.54, 1.807) is 12.1 Å². The molecule has 0 spiro atoms. The summed E-state index contributed by atoms with van der Waals surface area (Å²) in [6.45, 7) is 0.210. The van der Waals surface area contributed by atoms with Gasteiger partial charge in [-0.1, -0.05) is 0 Å². The summed E-state index contributed by atoms with van der Waals surface area (Å²) < 4.78 is 18.2. The maximum Gasteiger partial charge on any atom is 0.273 e. The Morgan fingerprint density at radius 3 is 3.00 bits per heavy atom. The first-order chi connectivity index (χ1) is 7.77. The van der Waals surface area contributed by atoms with Crippen LogP contribution in [0.1, 0.15) is 16.2 Å². The molecule has 0 aliphatic rings. The number of nitrogens with zero attached hydrogens (tertiary/aromatic N) is 1. The predicted octanol–water partition coefficient (Wildman–Crippen LogP) is 1.74. The second-order valence-corrected chi connectivity index (χ2v) is 3.10. The Labute approximate surface area is 91.1 Å². The van der Waals surface area contributed by atoms with Crippen molar-refractivity contribution in [3.63, 3.8) is 0 Å². The predicted molar refractivity (Wildman–Crippen MR) is 54.1 cm³/mol. The first-order valence-electron chi connectivity index (χ1n) is 4.68. The molecule has 0 fully saturated rings. The fourth-order valence-corrected chi connectivity index (χ4v) is 1.22. The van der Waals surface area contributed by atoms with Gasteiger partial charge in [0.05, 0.1) is 12.8 Å². The first-order valence-corrected chi connectivity index (χ1v) is 4.68. The Morgan fingerprint density at radius 2 is 2.31 bits per heavy atom. The molecule has 0 bridgehead atoms. The van der Waals surface area contributed by atoms with E-state index in [0.717, 1.165) is 0 Å². The van der Waals surface area contributed by atoms with Crippen LogP contribution in [-0.4, -0.2) is 10.9 Å². The molecule has 5 heteroatoms. The molecule has 82 valence electrons. The Morgan fingerprint density at radius 1 is 1.44 bits per heavy atom. The van der Waals surface area contributed by atoms with Gasteiger partial charge in [0.25, 0.3) is 5.91 Å². The zero-order chi connectivity index (χ0) is 11.4. The topological polar surface area (TPSA) is 55.1 Å². The van der Waals surface area contributed by atoms with Gasteiger partial charge < -0.3 is 9.73 Å². The number of aromatic nitrogens is 1. The van der Waals surface area contributed by atoms with Gasteiger partial charge in [-0.25, -0.2) is 9.37 Å². The van der Waals surface area contributed by atoms with E-state index in [1.165, 1.54) is 24.6 Å². The van der Waals surface area contributed by atoms with Crippen molar-refractivity contribution in [3.8, 4) is 0 Å². The van der Waals surface area contributed by atoms with Crippen LogP contribution in [0.4, 0.5) is 4.39 Å². The van der Waals surface area contributed by atoms with E-state index < -0.39 is 11.7 Å². The number of nitrogens with one attached hydrogen (secondary N) is 1. The van der Waals surface area contributed by atoms with Crippen LogP contribution in [0.25, 0.3) is 0 Å². The van der Waals surface area contributed by atoms with Crippen molar-refractivity contribution in [2.45, 2.75) is 6.54 Å². The summed E-state index contributed by atoms with van der Waals surface area (Å²) in [7, 11) is 0. The third-order valence-corrected chi connectivity index (χ3v) is 1.98. The van der Waals surface area contributed by atoms with Crippen LogP contribution in [0.2, 0.25) is 0 Å². The van der Waals surface area contributed by atoms with Crippen molar-refractivity contribution in [2.24, 2.45) is 0 Å². The third kappa shape index (κ3) is 2.25. The monoisotopic (exact) mass is 220 g/mol. The summed E-state index contributed by atoms with van der Waals surface area (Å²) in [4.78, 5) is 15.2. The summed E-state index contributed by atoms with van der Waals surface area (Å²) in [6.07, 6.45) is 2.87. The van der Waals surface area contributed by atoms with Crippen LogP contribution in [0.3, 0.4) is 0 Å². The molecule has 0 aliphatic carbocycles. The molecule has 2 heterocycles. The molecule has 2 aromatic heterocycles. The molecule has 2 aromatic rings. The van der Waals surface area contributed by atoms with Gasteiger partial charge in [0.2, 0.25) is 0 Å². The maximum absolute atomic E-state index is 13.2. The molecule has 4 nitrogen and oxygen atoms in total. The second kappa shape index (κ2) is 4.57. The van der Waals surface area contributed by atoms with E-state index in [2.05, 4.69) is 10.3 Å². The van der Waals surface area contributed by atoms with E-state index in [9.17, 15) is 9.18 Å². The fraction of sp³-hybridized carbons (Fsp3) is 0.0909. The Balaban J connectivity index is 2.01. The zero-order valence-corrected chi connectivity index (χ0v) is 8.31. The third-order valence-electron chi connectivity index (χ3n) is 1.98. The van der Waals surface area contributed by atoms with E-state index in [1.807, 2.05) is 0 Å². The number of carbonyl (C=O) groups excluding carboxylic acids is 1. The Kier molecular flexibility index (Phi) is 2.95. The lowest BCUT2D eigenvalue weighted by molar-refractivity contribution is 0.0938. The van der Waals surface area contributed by atoms with Gasteiger partial charge in [-0.15, -0.1) is 0 Å². The molecule has 0 atom stereocenters. The molecule has 1 N–H and O–H groups in total. The molecule has 0 radical (unpaired) electrons. The van der Waals surface area contributed by atoms with Gasteiger partial charge in [0, 0.05) is 6.20 Å². The number of amides is 1. The van der Waals surface area contributed by atoms with Gasteiger partial charge >= 0.3 is 0 Å². The number of furan rings is 1. The minimum Gasteiger partial charge on any atom is -0.467 e. The van der Waals surface area contributed by atoms with E-state index in [-0.39, 0.29) is 12.2 Å². The minimum absolute atomic E-state index is 0.210. The average Bonchev–Trinajstić information content (AvgIpc) is 2.79. The van der Waals surface area contributed by atoms with Crippen molar-refractivity contribution in [2.75, 3.05) is 0 Å². The van der Waals surface area contributed by atoms with Crippen LogP contribution >= 0.6 is 0 Å². The Hall–Kier alpha value is -2.17. The van der Waals surface area contributed by atoms with Gasteiger partial charge in [-0.05, 0) is 24.3 Å². The van der Waals surface area contributed by atoms with Crippen molar-refractivity contribution in [1.29, 1.82) is 0 Å². The smallest absolute Gasteiger partial charge is 0.273 e. The highest BCUT2D eigenvalue weighted by Gasteiger charge is 2.12. The van der Waals surface area contributed by atoms with Gasteiger partial charge in [0.1, 0.15) is 5.76 Å². The summed E-state index contributed by atoms with van der Waals surface area (Å²) in [5.74, 6) is -0.598. The molecule has 0 saturated carbocycles. The minimum atomic E-state index is -0.639. The molecule has 2 rings (SSSR count). The van der Waals surface area contributed by atoms with E-state index in [0.29, 0.717) is 5.76 Å². The van der Waals surface area contributed by atoms with Gasteiger partial charge in [-0.2, -0.15) is 0 Å². The lowest BCUT2D eigenvalue weighted by Gasteiger charge is -2.02. The van der Waals surface area contributed by atoms with Gasteiger partial charge in [0.15, 0.2) is 11.5 Å².